The predicted molar refractivity (Wildman–Crippen MR) is 73.5 cm³/mol. The van der Waals surface area contributed by atoms with E-state index in [-0.39, 0.29) is 0 Å². The lowest BCUT2D eigenvalue weighted by Gasteiger charge is -2.11. The van der Waals surface area contributed by atoms with Gasteiger partial charge in [-0.2, -0.15) is 0 Å². The molecule has 0 aromatic rings. The first-order chi connectivity index (χ1) is 8.16. The van der Waals surface area contributed by atoms with Gasteiger partial charge in [-0.25, -0.2) is 0 Å². The van der Waals surface area contributed by atoms with Crippen molar-refractivity contribution in [1.29, 1.82) is 0 Å². The molecule has 0 saturated carbocycles. The molecule has 0 amide bonds. The first kappa shape index (κ1) is 16.9. The van der Waals surface area contributed by atoms with Crippen molar-refractivity contribution >= 4 is 0 Å². The van der Waals surface area contributed by atoms with E-state index in [1.165, 1.54) is 12.8 Å². The summed E-state index contributed by atoms with van der Waals surface area (Å²) in [4.78, 5) is 0. The summed E-state index contributed by atoms with van der Waals surface area (Å²) in [6, 6.07) is 0. The molecule has 104 valence electrons. The van der Waals surface area contributed by atoms with E-state index in [0.717, 1.165) is 39.3 Å². The summed E-state index contributed by atoms with van der Waals surface area (Å²) < 4.78 is 11.1. The third-order valence-electron chi connectivity index (χ3n) is 2.56. The van der Waals surface area contributed by atoms with Crippen LogP contribution in [-0.2, 0) is 9.47 Å². The predicted octanol–water partition coefficient (Wildman–Crippen LogP) is 2.84. The highest BCUT2D eigenvalue weighted by Crippen LogP contribution is 2.04. The van der Waals surface area contributed by atoms with Crippen molar-refractivity contribution in [3.63, 3.8) is 0 Å². The van der Waals surface area contributed by atoms with Crippen molar-refractivity contribution in [1.82, 2.24) is 5.32 Å². The molecule has 0 bridgehead atoms. The Morgan fingerprint density at radius 2 is 1.82 bits per heavy atom. The molecule has 3 heteroatoms. The standard InChI is InChI=1S/C14H31NO2/c1-5-7-14(4)12-16-11-9-15-8-6-10-17-13(2)3/h13-15H,5-12H2,1-4H3. The molecular weight excluding hydrogens is 214 g/mol. The Balaban J connectivity index is 3.03. The van der Waals surface area contributed by atoms with Crippen LogP contribution in [0.25, 0.3) is 0 Å². The largest absolute Gasteiger partial charge is 0.380 e. The molecule has 0 aromatic heterocycles. The smallest absolute Gasteiger partial charge is 0.0591 e. The SMILES string of the molecule is CCCC(C)COCCNCCCOC(C)C. The summed E-state index contributed by atoms with van der Waals surface area (Å²) in [5, 5.41) is 3.36. The molecular formula is C14H31NO2. The number of rotatable bonds is 12. The molecule has 1 N–H and O–H groups in total. The van der Waals surface area contributed by atoms with E-state index in [4.69, 9.17) is 9.47 Å². The van der Waals surface area contributed by atoms with E-state index < -0.39 is 0 Å². The van der Waals surface area contributed by atoms with Crippen LogP contribution in [0.1, 0.15) is 47.0 Å². The summed E-state index contributed by atoms with van der Waals surface area (Å²) in [6.45, 7) is 13.1. The van der Waals surface area contributed by atoms with Gasteiger partial charge in [0.15, 0.2) is 0 Å². The molecule has 0 heterocycles. The third kappa shape index (κ3) is 13.8. The van der Waals surface area contributed by atoms with Crippen LogP contribution in [0.15, 0.2) is 0 Å². The topological polar surface area (TPSA) is 30.5 Å². The second kappa shape index (κ2) is 12.3. The molecule has 0 radical (unpaired) electrons. The van der Waals surface area contributed by atoms with Crippen molar-refractivity contribution in [2.24, 2.45) is 5.92 Å². The van der Waals surface area contributed by atoms with Crippen molar-refractivity contribution in [3.8, 4) is 0 Å². The van der Waals surface area contributed by atoms with Gasteiger partial charge in [-0.1, -0.05) is 20.3 Å². The van der Waals surface area contributed by atoms with Gasteiger partial charge in [0.25, 0.3) is 0 Å². The minimum absolute atomic E-state index is 0.346. The van der Waals surface area contributed by atoms with Gasteiger partial charge in [-0.05, 0) is 39.2 Å². The summed E-state index contributed by atoms with van der Waals surface area (Å²) in [5.74, 6) is 0.694. The molecule has 0 rings (SSSR count). The number of hydrogen-bond acceptors (Lipinski definition) is 3. The van der Waals surface area contributed by atoms with Crippen LogP contribution < -0.4 is 5.32 Å². The first-order valence-electron chi connectivity index (χ1n) is 7.06. The summed E-state index contributed by atoms with van der Waals surface area (Å²) in [6.07, 6.45) is 3.93. The van der Waals surface area contributed by atoms with E-state index in [9.17, 15) is 0 Å². The lowest BCUT2D eigenvalue weighted by molar-refractivity contribution is 0.0756. The Bertz CT molecular complexity index is 151. The molecule has 0 aliphatic heterocycles. The molecule has 0 aliphatic carbocycles. The Labute approximate surface area is 107 Å². The fourth-order valence-corrected chi connectivity index (χ4v) is 1.65. The normalized spacial score (nSPS) is 13.2. The molecule has 0 aromatic carbocycles. The number of nitrogens with one attached hydrogen (secondary N) is 1. The molecule has 0 fully saturated rings. The van der Waals surface area contributed by atoms with Gasteiger partial charge in [0.2, 0.25) is 0 Å². The second-order valence-electron chi connectivity index (χ2n) is 4.99. The van der Waals surface area contributed by atoms with Gasteiger partial charge in [-0.15, -0.1) is 0 Å². The van der Waals surface area contributed by atoms with Gasteiger partial charge in [0.1, 0.15) is 0 Å². The summed E-state index contributed by atoms with van der Waals surface area (Å²) >= 11 is 0. The maximum Gasteiger partial charge on any atom is 0.0591 e. The minimum Gasteiger partial charge on any atom is -0.380 e. The maximum atomic E-state index is 5.60. The third-order valence-corrected chi connectivity index (χ3v) is 2.56. The molecule has 0 saturated heterocycles. The Morgan fingerprint density at radius 3 is 2.47 bits per heavy atom. The van der Waals surface area contributed by atoms with Crippen LogP contribution in [0.5, 0.6) is 0 Å². The lowest BCUT2D eigenvalue weighted by Crippen LogP contribution is -2.23. The van der Waals surface area contributed by atoms with Crippen LogP contribution in [-0.4, -0.2) is 39.0 Å². The van der Waals surface area contributed by atoms with Crippen molar-refractivity contribution in [2.45, 2.75) is 53.1 Å². The summed E-state index contributed by atoms with van der Waals surface area (Å²) in [5.41, 5.74) is 0. The number of hydrogen-bond donors (Lipinski definition) is 1. The van der Waals surface area contributed by atoms with Crippen LogP contribution in [0, 0.1) is 5.92 Å². The monoisotopic (exact) mass is 245 g/mol. The van der Waals surface area contributed by atoms with E-state index in [1.54, 1.807) is 0 Å². The average molecular weight is 245 g/mol. The van der Waals surface area contributed by atoms with E-state index >= 15 is 0 Å². The van der Waals surface area contributed by atoms with Crippen LogP contribution >= 0.6 is 0 Å². The van der Waals surface area contributed by atoms with Crippen LogP contribution in [0.4, 0.5) is 0 Å². The average Bonchev–Trinajstić information content (AvgIpc) is 2.27. The quantitative estimate of drug-likeness (QED) is 0.536. The molecule has 1 atom stereocenters. The van der Waals surface area contributed by atoms with Crippen LogP contribution in [0.3, 0.4) is 0 Å². The Morgan fingerprint density at radius 1 is 1.06 bits per heavy atom. The molecule has 0 spiro atoms. The zero-order valence-electron chi connectivity index (χ0n) is 12.1. The van der Waals surface area contributed by atoms with Crippen LogP contribution in [0.2, 0.25) is 0 Å². The zero-order valence-corrected chi connectivity index (χ0v) is 12.1. The highest BCUT2D eigenvalue weighted by Gasteiger charge is 1.99. The fourth-order valence-electron chi connectivity index (χ4n) is 1.65. The van der Waals surface area contributed by atoms with Gasteiger partial charge < -0.3 is 14.8 Å². The van der Waals surface area contributed by atoms with Crippen molar-refractivity contribution < 1.29 is 9.47 Å². The van der Waals surface area contributed by atoms with E-state index in [0.29, 0.717) is 12.0 Å². The van der Waals surface area contributed by atoms with Gasteiger partial charge in [0, 0.05) is 19.8 Å². The van der Waals surface area contributed by atoms with Gasteiger partial charge >= 0.3 is 0 Å². The van der Waals surface area contributed by atoms with E-state index in [1.807, 2.05) is 0 Å². The summed E-state index contributed by atoms with van der Waals surface area (Å²) in [7, 11) is 0. The Kier molecular flexibility index (Phi) is 12.3. The molecule has 1 unspecified atom stereocenters. The highest BCUT2D eigenvalue weighted by molar-refractivity contribution is 4.51. The van der Waals surface area contributed by atoms with Gasteiger partial charge in [-0.3, -0.25) is 0 Å². The zero-order chi connectivity index (χ0) is 12.9. The van der Waals surface area contributed by atoms with Crippen molar-refractivity contribution in [3.05, 3.63) is 0 Å². The van der Waals surface area contributed by atoms with Gasteiger partial charge in [0.05, 0.1) is 12.7 Å². The molecule has 3 nitrogen and oxygen atoms in total. The fraction of sp³-hybridized carbons (Fsp3) is 1.00. The van der Waals surface area contributed by atoms with E-state index in [2.05, 4.69) is 33.0 Å². The maximum absolute atomic E-state index is 5.60. The van der Waals surface area contributed by atoms with Crippen molar-refractivity contribution in [2.75, 3.05) is 32.9 Å². The lowest BCUT2D eigenvalue weighted by atomic mass is 10.1. The highest BCUT2D eigenvalue weighted by atomic mass is 16.5. The molecule has 0 aliphatic rings. The second-order valence-corrected chi connectivity index (χ2v) is 4.99. The first-order valence-corrected chi connectivity index (χ1v) is 7.06. The number of ether oxygens (including phenoxy) is 2. The Hall–Kier alpha value is -0.120. The minimum atomic E-state index is 0.346. The molecule has 17 heavy (non-hydrogen) atoms.